The minimum Gasteiger partial charge on any atom is -0.349 e. The topological polar surface area (TPSA) is 15.6 Å². The second-order valence-electron chi connectivity index (χ2n) is 5.92. The maximum atomic E-state index is 6.04. The minimum absolute atomic E-state index is 0.0361. The van der Waals surface area contributed by atoms with Crippen molar-refractivity contribution in [2.24, 2.45) is 4.99 Å². The highest BCUT2D eigenvalue weighted by molar-refractivity contribution is 6.30. The zero-order chi connectivity index (χ0) is 14.4. The normalized spacial score (nSPS) is 27.0. The van der Waals surface area contributed by atoms with Gasteiger partial charge in [0.2, 0.25) is 0 Å². The molecule has 0 saturated carbocycles. The van der Waals surface area contributed by atoms with E-state index in [4.69, 9.17) is 16.6 Å². The molecule has 2 heterocycles. The summed E-state index contributed by atoms with van der Waals surface area (Å²) in [5, 5.41) is 0.787. The Balaban J connectivity index is 1.82. The summed E-state index contributed by atoms with van der Waals surface area (Å²) in [6.45, 7) is 4.23. The molecule has 2 aliphatic heterocycles. The zero-order valence-electron chi connectivity index (χ0n) is 12.0. The van der Waals surface area contributed by atoms with Gasteiger partial charge in [0, 0.05) is 11.6 Å². The third kappa shape index (κ3) is 1.75. The smallest absolute Gasteiger partial charge is 0.112 e. The van der Waals surface area contributed by atoms with Crippen LogP contribution in [0, 0.1) is 0 Å². The largest absolute Gasteiger partial charge is 0.349 e. The van der Waals surface area contributed by atoms with Crippen LogP contribution in [-0.2, 0) is 5.41 Å². The number of rotatable bonds is 2. The van der Waals surface area contributed by atoms with Gasteiger partial charge in [-0.25, -0.2) is 0 Å². The first-order valence-electron chi connectivity index (χ1n) is 7.34. The van der Waals surface area contributed by atoms with Gasteiger partial charge in [0.1, 0.15) is 5.84 Å². The number of halogens is 1. The van der Waals surface area contributed by atoms with Crippen molar-refractivity contribution >= 4 is 17.4 Å². The van der Waals surface area contributed by atoms with Crippen LogP contribution in [0.4, 0.5) is 0 Å². The summed E-state index contributed by atoms with van der Waals surface area (Å²) in [5.74, 6) is 1.23. The molecule has 0 radical (unpaired) electrons. The summed E-state index contributed by atoms with van der Waals surface area (Å²) in [7, 11) is 0. The van der Waals surface area contributed by atoms with Crippen molar-refractivity contribution in [3.05, 3.63) is 70.7 Å². The van der Waals surface area contributed by atoms with E-state index in [0.717, 1.165) is 18.1 Å². The number of amidine groups is 1. The Bertz CT molecular complexity index is 693. The number of fused-ring (bicyclic) bond motifs is 1. The number of aliphatic imine (C=N–C) groups is 1. The Morgan fingerprint density at radius 2 is 1.81 bits per heavy atom. The number of hydrogen-bond donors (Lipinski definition) is 0. The highest BCUT2D eigenvalue weighted by Gasteiger charge is 2.57. The molecule has 4 rings (SSSR count). The first kappa shape index (κ1) is 12.9. The van der Waals surface area contributed by atoms with Crippen molar-refractivity contribution in [3.8, 4) is 0 Å². The second-order valence-corrected chi connectivity index (χ2v) is 6.36. The minimum atomic E-state index is -0.0361. The van der Waals surface area contributed by atoms with Gasteiger partial charge in [-0.2, -0.15) is 0 Å². The fourth-order valence-electron chi connectivity index (χ4n) is 3.77. The average molecular weight is 297 g/mol. The van der Waals surface area contributed by atoms with Crippen molar-refractivity contribution in [2.75, 3.05) is 13.1 Å². The molecular weight excluding hydrogens is 280 g/mol. The molecular formula is C18H17ClN2. The van der Waals surface area contributed by atoms with Crippen molar-refractivity contribution in [1.29, 1.82) is 0 Å². The highest BCUT2D eigenvalue weighted by Crippen LogP contribution is 2.53. The molecule has 106 valence electrons. The zero-order valence-corrected chi connectivity index (χ0v) is 12.7. The van der Waals surface area contributed by atoms with E-state index < -0.39 is 0 Å². The molecule has 2 aromatic rings. The van der Waals surface area contributed by atoms with Crippen LogP contribution < -0.4 is 0 Å². The number of nitrogens with zero attached hydrogens (tertiary/aromatic N) is 2. The van der Waals surface area contributed by atoms with Gasteiger partial charge in [-0.1, -0.05) is 54.1 Å². The van der Waals surface area contributed by atoms with E-state index in [1.165, 1.54) is 17.0 Å². The van der Waals surface area contributed by atoms with E-state index in [1.54, 1.807) is 0 Å². The summed E-state index contributed by atoms with van der Waals surface area (Å²) in [6.07, 6.45) is 0. The van der Waals surface area contributed by atoms with Crippen molar-refractivity contribution in [2.45, 2.75) is 18.4 Å². The average Bonchev–Trinajstić information content (AvgIpc) is 2.95. The third-order valence-electron chi connectivity index (χ3n) is 4.76. The van der Waals surface area contributed by atoms with Gasteiger partial charge in [-0.05, 0) is 30.2 Å². The van der Waals surface area contributed by atoms with Crippen molar-refractivity contribution in [1.82, 2.24) is 4.90 Å². The molecule has 0 unspecified atom stereocenters. The molecule has 2 aromatic carbocycles. The van der Waals surface area contributed by atoms with Crippen LogP contribution in [0.25, 0.3) is 0 Å². The fraction of sp³-hybridized carbons (Fsp3) is 0.278. The third-order valence-corrected chi connectivity index (χ3v) is 5.01. The van der Waals surface area contributed by atoms with Crippen LogP contribution in [0.3, 0.4) is 0 Å². The van der Waals surface area contributed by atoms with Crippen LogP contribution in [-0.4, -0.2) is 23.8 Å². The lowest BCUT2D eigenvalue weighted by Gasteiger charge is -2.56. The molecule has 1 fully saturated rings. The Kier molecular flexibility index (Phi) is 2.83. The fourth-order valence-corrected chi connectivity index (χ4v) is 3.90. The van der Waals surface area contributed by atoms with Crippen LogP contribution in [0.15, 0.2) is 59.6 Å². The lowest BCUT2D eigenvalue weighted by Crippen LogP contribution is -2.62. The summed E-state index contributed by atoms with van der Waals surface area (Å²) in [4.78, 5) is 7.17. The molecule has 0 bridgehead atoms. The Hall–Kier alpha value is -1.80. The van der Waals surface area contributed by atoms with E-state index in [9.17, 15) is 0 Å². The lowest BCUT2D eigenvalue weighted by atomic mass is 9.65. The van der Waals surface area contributed by atoms with E-state index in [1.807, 2.05) is 12.1 Å². The SMILES string of the molecule is C[C@@]1(c2ccccc2)C2=NCCN2[C@@H]1c1ccc(Cl)cc1. The first-order valence-corrected chi connectivity index (χ1v) is 7.71. The van der Waals surface area contributed by atoms with Crippen LogP contribution >= 0.6 is 11.6 Å². The van der Waals surface area contributed by atoms with Crippen molar-refractivity contribution < 1.29 is 0 Å². The molecule has 0 amide bonds. The standard InChI is InChI=1S/C18H17ClN2/c1-18(14-5-3-2-4-6-14)16(21-12-11-20-17(18)21)13-7-9-15(19)10-8-13/h2-10,16H,11-12H2,1H3/t16-,18+/m1/s1. The van der Waals surface area contributed by atoms with Gasteiger partial charge in [0.05, 0.1) is 18.0 Å². The molecule has 2 nitrogen and oxygen atoms in total. The molecule has 2 atom stereocenters. The van der Waals surface area contributed by atoms with Crippen LogP contribution in [0.1, 0.15) is 24.1 Å². The van der Waals surface area contributed by atoms with Crippen LogP contribution in [0.5, 0.6) is 0 Å². The van der Waals surface area contributed by atoms with Gasteiger partial charge in [0.25, 0.3) is 0 Å². The second kappa shape index (κ2) is 4.60. The predicted octanol–water partition coefficient (Wildman–Crippen LogP) is 4.07. The Morgan fingerprint density at radius 3 is 2.52 bits per heavy atom. The summed E-state index contributed by atoms with van der Waals surface area (Å²) >= 11 is 6.04. The van der Waals surface area contributed by atoms with Gasteiger partial charge in [-0.3, -0.25) is 4.99 Å². The quantitative estimate of drug-likeness (QED) is 0.816. The van der Waals surface area contributed by atoms with Gasteiger partial charge >= 0.3 is 0 Å². The molecule has 0 aromatic heterocycles. The van der Waals surface area contributed by atoms with Gasteiger partial charge < -0.3 is 4.90 Å². The maximum Gasteiger partial charge on any atom is 0.112 e. The van der Waals surface area contributed by atoms with E-state index >= 15 is 0 Å². The first-order chi connectivity index (χ1) is 10.2. The van der Waals surface area contributed by atoms with E-state index in [0.29, 0.717) is 6.04 Å². The number of benzene rings is 2. The number of hydrogen-bond acceptors (Lipinski definition) is 2. The van der Waals surface area contributed by atoms with Crippen LogP contribution in [0.2, 0.25) is 5.02 Å². The summed E-state index contributed by atoms with van der Waals surface area (Å²) in [6, 6.07) is 19.3. The molecule has 0 aliphatic carbocycles. The molecule has 21 heavy (non-hydrogen) atoms. The Morgan fingerprint density at radius 1 is 1.10 bits per heavy atom. The van der Waals surface area contributed by atoms with E-state index in [-0.39, 0.29) is 5.41 Å². The summed E-state index contributed by atoms with van der Waals surface area (Å²) < 4.78 is 0. The molecule has 1 saturated heterocycles. The molecule has 0 N–H and O–H groups in total. The Labute approximate surface area is 130 Å². The van der Waals surface area contributed by atoms with E-state index in [2.05, 4.69) is 54.3 Å². The monoisotopic (exact) mass is 296 g/mol. The summed E-state index contributed by atoms with van der Waals surface area (Å²) in [5.41, 5.74) is 2.61. The predicted molar refractivity (Wildman–Crippen MR) is 87.0 cm³/mol. The highest BCUT2D eigenvalue weighted by atomic mass is 35.5. The van der Waals surface area contributed by atoms with Gasteiger partial charge in [-0.15, -0.1) is 0 Å². The van der Waals surface area contributed by atoms with Crippen molar-refractivity contribution in [3.63, 3.8) is 0 Å². The lowest BCUT2D eigenvalue weighted by molar-refractivity contribution is 0.175. The molecule has 0 spiro atoms. The van der Waals surface area contributed by atoms with Gasteiger partial charge in [0.15, 0.2) is 0 Å². The molecule has 2 aliphatic rings. The maximum absolute atomic E-state index is 6.04. The molecule has 3 heteroatoms.